The van der Waals surface area contributed by atoms with Crippen molar-refractivity contribution in [2.45, 2.75) is 37.8 Å². The van der Waals surface area contributed by atoms with E-state index in [1.165, 1.54) is 17.6 Å². The van der Waals surface area contributed by atoms with Gasteiger partial charge in [0, 0.05) is 13.1 Å². The van der Waals surface area contributed by atoms with E-state index in [1.807, 2.05) is 24.3 Å². The topological polar surface area (TPSA) is 74.5 Å². The van der Waals surface area contributed by atoms with Crippen LogP contribution >= 0.6 is 0 Å². The van der Waals surface area contributed by atoms with E-state index in [-0.39, 0.29) is 12.5 Å². The second kappa shape index (κ2) is 6.72. The number of carbonyl (C=O) groups is 1. The molecule has 1 atom stereocenters. The Morgan fingerprint density at radius 3 is 2.44 bits per heavy atom. The number of benzene rings is 1. The van der Waals surface area contributed by atoms with E-state index < -0.39 is 5.60 Å². The number of β-amino-alcohol motifs (C(OH)–C–C–N with tert-alkyl or cyclic N) is 1. The number of hydrogen-bond acceptors (Lipinski definition) is 5. The lowest BCUT2D eigenvalue weighted by Crippen LogP contribution is -2.55. The Labute approximate surface area is 147 Å². The van der Waals surface area contributed by atoms with Crippen molar-refractivity contribution < 1.29 is 9.90 Å². The monoisotopic (exact) mass is 343 g/mol. The van der Waals surface area contributed by atoms with Crippen molar-refractivity contribution in [1.29, 1.82) is 0 Å². The Kier molecular flexibility index (Phi) is 4.43. The normalized spacial score (nSPS) is 24.9. The summed E-state index contributed by atoms with van der Waals surface area (Å²) in [6.07, 6.45) is 4.01. The molecule has 4 rings (SSSR count). The van der Waals surface area contributed by atoms with Gasteiger partial charge in [-0.25, -0.2) is 0 Å². The Morgan fingerprint density at radius 1 is 1.08 bits per heavy atom. The van der Waals surface area contributed by atoms with Crippen LogP contribution in [0.4, 0.5) is 0 Å². The highest BCUT2D eigenvalue weighted by Gasteiger charge is 2.37. The molecule has 25 heavy (non-hydrogen) atoms. The van der Waals surface area contributed by atoms with Crippen LogP contribution < -0.4 is 0 Å². The second-order valence-electron chi connectivity index (χ2n) is 7.35. The molecular formula is C18H25N5O2. The average molecular weight is 343 g/mol. The SMILES string of the molecule is O=C(Cn1nc2ccccc2n1)N1CCC[C@](O)(CN2CCCC2)C1. The van der Waals surface area contributed by atoms with Crippen molar-refractivity contribution >= 4 is 16.9 Å². The van der Waals surface area contributed by atoms with E-state index in [2.05, 4.69) is 15.1 Å². The van der Waals surface area contributed by atoms with E-state index in [0.717, 1.165) is 37.0 Å². The van der Waals surface area contributed by atoms with Crippen LogP contribution in [-0.2, 0) is 11.3 Å². The lowest BCUT2D eigenvalue weighted by molar-refractivity contribution is -0.140. The summed E-state index contributed by atoms with van der Waals surface area (Å²) in [6.45, 7) is 4.00. The largest absolute Gasteiger partial charge is 0.387 e. The number of nitrogens with zero attached hydrogens (tertiary/aromatic N) is 5. The lowest BCUT2D eigenvalue weighted by atomic mass is 9.92. The van der Waals surface area contributed by atoms with Crippen LogP contribution in [0, 0.1) is 0 Å². The van der Waals surface area contributed by atoms with Gasteiger partial charge in [0.25, 0.3) is 0 Å². The van der Waals surface area contributed by atoms with Crippen LogP contribution in [0.25, 0.3) is 11.0 Å². The van der Waals surface area contributed by atoms with E-state index in [0.29, 0.717) is 19.6 Å². The average Bonchev–Trinajstić information content (AvgIpc) is 3.23. The zero-order valence-corrected chi connectivity index (χ0v) is 14.5. The van der Waals surface area contributed by atoms with Gasteiger partial charge in [-0.1, -0.05) is 12.1 Å². The van der Waals surface area contributed by atoms with Crippen molar-refractivity contribution in [3.05, 3.63) is 24.3 Å². The fourth-order valence-electron chi connectivity index (χ4n) is 4.01. The van der Waals surface area contributed by atoms with Gasteiger partial charge in [0.1, 0.15) is 17.6 Å². The van der Waals surface area contributed by atoms with Crippen LogP contribution in [0.15, 0.2) is 24.3 Å². The third-order valence-corrected chi connectivity index (χ3v) is 5.23. The predicted molar refractivity (Wildman–Crippen MR) is 94.0 cm³/mol. The first-order valence-electron chi connectivity index (χ1n) is 9.14. The fraction of sp³-hybridized carbons (Fsp3) is 0.611. The molecule has 7 heteroatoms. The highest BCUT2D eigenvalue weighted by atomic mass is 16.3. The summed E-state index contributed by atoms with van der Waals surface area (Å²) in [5, 5.41) is 19.7. The minimum Gasteiger partial charge on any atom is -0.387 e. The van der Waals surface area contributed by atoms with Gasteiger partial charge in [0.2, 0.25) is 5.91 Å². The molecule has 0 bridgehead atoms. The molecule has 3 heterocycles. The van der Waals surface area contributed by atoms with Crippen LogP contribution in [0.5, 0.6) is 0 Å². The molecule has 134 valence electrons. The number of rotatable bonds is 4. The van der Waals surface area contributed by atoms with Crippen molar-refractivity contribution in [2.75, 3.05) is 32.7 Å². The smallest absolute Gasteiger partial charge is 0.246 e. The zero-order valence-electron chi connectivity index (χ0n) is 14.5. The Bertz CT molecular complexity index is 722. The molecule has 2 aliphatic heterocycles. The third-order valence-electron chi connectivity index (χ3n) is 5.23. The maximum Gasteiger partial charge on any atom is 0.246 e. The van der Waals surface area contributed by atoms with Gasteiger partial charge < -0.3 is 14.9 Å². The molecule has 1 N–H and O–H groups in total. The summed E-state index contributed by atoms with van der Waals surface area (Å²) < 4.78 is 0. The van der Waals surface area contributed by atoms with E-state index >= 15 is 0 Å². The molecular weight excluding hydrogens is 318 g/mol. The summed E-state index contributed by atoms with van der Waals surface area (Å²) in [6, 6.07) is 7.59. The maximum atomic E-state index is 12.7. The van der Waals surface area contributed by atoms with Gasteiger partial charge in [-0.15, -0.1) is 0 Å². The summed E-state index contributed by atoms with van der Waals surface area (Å²) >= 11 is 0. The number of carbonyl (C=O) groups excluding carboxylic acids is 1. The van der Waals surface area contributed by atoms with E-state index in [4.69, 9.17) is 0 Å². The fourth-order valence-corrected chi connectivity index (χ4v) is 4.01. The second-order valence-corrected chi connectivity index (χ2v) is 7.35. The van der Waals surface area contributed by atoms with Crippen LogP contribution in [0.3, 0.4) is 0 Å². The van der Waals surface area contributed by atoms with Crippen LogP contribution in [0.1, 0.15) is 25.7 Å². The Hall–Kier alpha value is -1.99. The van der Waals surface area contributed by atoms with E-state index in [9.17, 15) is 9.90 Å². The number of fused-ring (bicyclic) bond motifs is 1. The van der Waals surface area contributed by atoms with Gasteiger partial charge in [0.05, 0.1) is 12.1 Å². The molecule has 7 nitrogen and oxygen atoms in total. The molecule has 2 aromatic rings. The number of aromatic nitrogens is 3. The first-order valence-corrected chi connectivity index (χ1v) is 9.14. The number of piperidine rings is 1. The molecule has 1 amide bonds. The van der Waals surface area contributed by atoms with Crippen molar-refractivity contribution in [3.63, 3.8) is 0 Å². The van der Waals surface area contributed by atoms with Gasteiger partial charge >= 0.3 is 0 Å². The highest BCUT2D eigenvalue weighted by Crippen LogP contribution is 2.24. The summed E-state index contributed by atoms with van der Waals surface area (Å²) in [5.41, 5.74) is 0.791. The molecule has 2 aliphatic rings. The number of aliphatic hydroxyl groups is 1. The zero-order chi connectivity index (χ0) is 17.3. The molecule has 2 fully saturated rings. The van der Waals surface area contributed by atoms with Crippen LogP contribution in [0.2, 0.25) is 0 Å². The molecule has 1 aromatic heterocycles. The summed E-state index contributed by atoms with van der Waals surface area (Å²) in [5.74, 6) is -0.0279. The molecule has 0 radical (unpaired) electrons. The highest BCUT2D eigenvalue weighted by molar-refractivity contribution is 5.77. The van der Waals surface area contributed by atoms with Gasteiger partial charge in [-0.05, 0) is 50.9 Å². The minimum absolute atomic E-state index is 0.0279. The predicted octanol–water partition coefficient (Wildman–Crippen LogP) is 0.881. The third kappa shape index (κ3) is 3.67. The standard InChI is InChI=1S/C18H25N5O2/c24-17(12-23-19-15-6-1-2-7-16(15)20-23)22-11-5-8-18(25,14-22)13-21-9-3-4-10-21/h1-2,6-7,25H,3-5,8-14H2/t18-/m0/s1. The molecule has 0 aliphatic carbocycles. The Morgan fingerprint density at radius 2 is 1.76 bits per heavy atom. The minimum atomic E-state index is -0.791. The van der Waals surface area contributed by atoms with Gasteiger partial charge in [-0.3, -0.25) is 4.79 Å². The summed E-state index contributed by atoms with van der Waals surface area (Å²) in [7, 11) is 0. The Balaban J connectivity index is 1.40. The van der Waals surface area contributed by atoms with Crippen molar-refractivity contribution in [3.8, 4) is 0 Å². The molecule has 0 saturated carbocycles. The first-order chi connectivity index (χ1) is 12.1. The summed E-state index contributed by atoms with van der Waals surface area (Å²) in [4.78, 5) is 18.2. The van der Waals surface area contributed by atoms with E-state index in [1.54, 1.807) is 4.90 Å². The van der Waals surface area contributed by atoms with Crippen molar-refractivity contribution in [1.82, 2.24) is 24.8 Å². The van der Waals surface area contributed by atoms with Gasteiger partial charge in [0.15, 0.2) is 0 Å². The van der Waals surface area contributed by atoms with Crippen LogP contribution in [-0.4, -0.2) is 74.1 Å². The maximum absolute atomic E-state index is 12.7. The number of amides is 1. The van der Waals surface area contributed by atoms with Crippen molar-refractivity contribution in [2.24, 2.45) is 0 Å². The molecule has 1 aromatic carbocycles. The molecule has 0 spiro atoms. The number of hydrogen-bond donors (Lipinski definition) is 1. The molecule has 0 unspecified atom stereocenters. The number of likely N-dealkylation sites (tertiary alicyclic amines) is 2. The van der Waals surface area contributed by atoms with Gasteiger partial charge in [-0.2, -0.15) is 15.0 Å². The lowest BCUT2D eigenvalue weighted by Gasteiger charge is -2.41. The first kappa shape index (κ1) is 16.5. The quantitative estimate of drug-likeness (QED) is 0.892. The molecule has 2 saturated heterocycles.